The molecule has 2 aliphatic rings. The first kappa shape index (κ1) is 15.7. The van der Waals surface area contributed by atoms with E-state index in [2.05, 4.69) is 14.9 Å². The number of hydrogen-bond acceptors (Lipinski definition) is 5. The predicted molar refractivity (Wildman–Crippen MR) is 84.8 cm³/mol. The van der Waals surface area contributed by atoms with Crippen molar-refractivity contribution in [2.24, 2.45) is 5.92 Å². The molecule has 0 aliphatic carbocycles. The SMILES string of the molecule is O[C@@H]1CCOC[C@@H]1[C@H]1CCCN1c1cnc2cc(F)c(F)cc2n1. The van der Waals surface area contributed by atoms with Gasteiger partial charge in [-0.1, -0.05) is 0 Å². The second-order valence-corrected chi connectivity index (χ2v) is 6.48. The van der Waals surface area contributed by atoms with Crippen LogP contribution in [-0.2, 0) is 4.74 Å². The molecule has 2 aromatic rings. The number of nitrogens with zero attached hydrogens (tertiary/aromatic N) is 3. The number of aliphatic hydroxyl groups is 1. The number of ether oxygens (including phenoxy) is 1. The normalized spacial score (nSPS) is 27.8. The van der Waals surface area contributed by atoms with E-state index in [0.717, 1.165) is 31.5 Å². The molecule has 128 valence electrons. The van der Waals surface area contributed by atoms with E-state index in [1.165, 1.54) is 0 Å². The van der Waals surface area contributed by atoms with Crippen molar-refractivity contribution in [1.82, 2.24) is 9.97 Å². The van der Waals surface area contributed by atoms with E-state index in [1.54, 1.807) is 6.20 Å². The standard InChI is InChI=1S/C17H19F2N3O2/c18-11-6-13-14(7-12(11)19)21-17(8-20-13)22-4-1-2-15(22)10-9-24-5-3-16(10)23/h6-8,10,15-16,23H,1-5,9H2/t10-,15-,16-/m1/s1. The number of hydrogen-bond donors (Lipinski definition) is 1. The van der Waals surface area contributed by atoms with Crippen molar-refractivity contribution in [1.29, 1.82) is 0 Å². The molecular weight excluding hydrogens is 316 g/mol. The van der Waals surface area contributed by atoms with Crippen LogP contribution in [0.25, 0.3) is 11.0 Å². The van der Waals surface area contributed by atoms with Gasteiger partial charge in [0.2, 0.25) is 0 Å². The molecular formula is C17H19F2N3O2. The number of aliphatic hydroxyl groups excluding tert-OH is 1. The number of fused-ring (bicyclic) bond motifs is 1. The van der Waals surface area contributed by atoms with E-state index < -0.39 is 11.6 Å². The minimum Gasteiger partial charge on any atom is -0.393 e. The lowest BCUT2D eigenvalue weighted by atomic mass is 9.89. The van der Waals surface area contributed by atoms with Crippen molar-refractivity contribution in [2.75, 3.05) is 24.7 Å². The third-order valence-corrected chi connectivity index (χ3v) is 5.02. The molecule has 5 nitrogen and oxygen atoms in total. The molecule has 0 unspecified atom stereocenters. The minimum atomic E-state index is -0.928. The Labute approximate surface area is 138 Å². The van der Waals surface area contributed by atoms with Gasteiger partial charge in [-0.05, 0) is 19.3 Å². The highest BCUT2D eigenvalue weighted by atomic mass is 19.2. The van der Waals surface area contributed by atoms with Crippen LogP contribution in [0.1, 0.15) is 19.3 Å². The maximum absolute atomic E-state index is 13.5. The molecule has 1 N–H and O–H groups in total. The lowest BCUT2D eigenvalue weighted by Crippen LogP contribution is -2.46. The highest BCUT2D eigenvalue weighted by molar-refractivity contribution is 5.75. The molecule has 24 heavy (non-hydrogen) atoms. The Morgan fingerprint density at radius 2 is 1.96 bits per heavy atom. The van der Waals surface area contributed by atoms with Gasteiger partial charge in [0.1, 0.15) is 5.82 Å². The average molecular weight is 335 g/mol. The summed E-state index contributed by atoms with van der Waals surface area (Å²) in [6.45, 7) is 1.92. The Hall–Kier alpha value is -1.86. The molecule has 0 radical (unpaired) electrons. The van der Waals surface area contributed by atoms with Gasteiger partial charge in [0.05, 0.1) is 29.9 Å². The molecule has 0 amide bonds. The van der Waals surface area contributed by atoms with Gasteiger partial charge in [-0.3, -0.25) is 4.98 Å². The molecule has 0 saturated carbocycles. The number of rotatable bonds is 2. The molecule has 3 atom stereocenters. The monoisotopic (exact) mass is 335 g/mol. The van der Waals surface area contributed by atoms with E-state index in [-0.39, 0.29) is 18.1 Å². The third-order valence-electron chi connectivity index (χ3n) is 5.02. The zero-order chi connectivity index (χ0) is 16.7. The van der Waals surface area contributed by atoms with E-state index in [1.807, 2.05) is 0 Å². The van der Waals surface area contributed by atoms with Crippen molar-refractivity contribution in [3.63, 3.8) is 0 Å². The maximum Gasteiger partial charge on any atom is 0.161 e. The highest BCUT2D eigenvalue weighted by Crippen LogP contribution is 2.33. The second kappa shape index (κ2) is 6.22. The largest absolute Gasteiger partial charge is 0.393 e. The van der Waals surface area contributed by atoms with Gasteiger partial charge >= 0.3 is 0 Å². The van der Waals surface area contributed by atoms with E-state index in [0.29, 0.717) is 36.5 Å². The second-order valence-electron chi connectivity index (χ2n) is 6.48. The van der Waals surface area contributed by atoms with Crippen molar-refractivity contribution >= 4 is 16.9 Å². The van der Waals surface area contributed by atoms with Gasteiger partial charge in [-0.25, -0.2) is 13.8 Å². The fraction of sp³-hybridized carbons (Fsp3) is 0.529. The summed E-state index contributed by atoms with van der Waals surface area (Å²) in [5, 5.41) is 10.3. The Morgan fingerprint density at radius 3 is 2.75 bits per heavy atom. The molecule has 3 heterocycles. The van der Waals surface area contributed by atoms with Crippen LogP contribution in [0.3, 0.4) is 0 Å². The zero-order valence-corrected chi connectivity index (χ0v) is 13.2. The van der Waals surface area contributed by atoms with Crippen LogP contribution in [0.4, 0.5) is 14.6 Å². The van der Waals surface area contributed by atoms with Gasteiger partial charge in [0, 0.05) is 37.2 Å². The Kier molecular flexibility index (Phi) is 4.05. The molecule has 2 saturated heterocycles. The molecule has 4 rings (SSSR count). The van der Waals surface area contributed by atoms with E-state index >= 15 is 0 Å². The smallest absolute Gasteiger partial charge is 0.161 e. The molecule has 0 bridgehead atoms. The molecule has 1 aromatic heterocycles. The van der Waals surface area contributed by atoms with Gasteiger partial charge in [0.25, 0.3) is 0 Å². The maximum atomic E-state index is 13.5. The predicted octanol–water partition coefficient (Wildman–Crippen LogP) is 2.27. The van der Waals surface area contributed by atoms with Crippen LogP contribution in [-0.4, -0.2) is 47.0 Å². The van der Waals surface area contributed by atoms with Crippen molar-refractivity contribution in [3.05, 3.63) is 30.0 Å². The topological polar surface area (TPSA) is 58.5 Å². The lowest BCUT2D eigenvalue weighted by Gasteiger charge is -2.37. The van der Waals surface area contributed by atoms with Crippen molar-refractivity contribution in [2.45, 2.75) is 31.4 Å². The number of anilines is 1. The summed E-state index contributed by atoms with van der Waals surface area (Å²) in [5.41, 5.74) is 0.659. The molecule has 7 heteroatoms. The van der Waals surface area contributed by atoms with Gasteiger partial charge < -0.3 is 14.7 Å². The molecule has 2 fully saturated rings. The lowest BCUT2D eigenvalue weighted by molar-refractivity contribution is -0.0438. The Bertz CT molecular complexity index is 758. The summed E-state index contributed by atoms with van der Waals surface area (Å²) in [6, 6.07) is 2.25. The molecule has 1 aromatic carbocycles. The summed E-state index contributed by atoms with van der Waals surface area (Å²) in [4.78, 5) is 10.8. The summed E-state index contributed by atoms with van der Waals surface area (Å²) < 4.78 is 32.3. The zero-order valence-electron chi connectivity index (χ0n) is 13.2. The fourth-order valence-electron chi connectivity index (χ4n) is 3.77. The van der Waals surface area contributed by atoms with Crippen LogP contribution in [0.15, 0.2) is 18.3 Å². The molecule has 0 spiro atoms. The first-order chi connectivity index (χ1) is 11.6. The van der Waals surface area contributed by atoms with Crippen LogP contribution >= 0.6 is 0 Å². The van der Waals surface area contributed by atoms with E-state index in [9.17, 15) is 13.9 Å². The van der Waals surface area contributed by atoms with Crippen LogP contribution in [0.5, 0.6) is 0 Å². The summed E-state index contributed by atoms with van der Waals surface area (Å²) in [6.07, 6.45) is 3.79. The molecule has 2 aliphatic heterocycles. The number of aromatic nitrogens is 2. The van der Waals surface area contributed by atoms with Crippen molar-refractivity contribution in [3.8, 4) is 0 Å². The van der Waals surface area contributed by atoms with Gasteiger partial charge in [-0.15, -0.1) is 0 Å². The first-order valence-corrected chi connectivity index (χ1v) is 8.28. The minimum absolute atomic E-state index is 0.0312. The summed E-state index contributed by atoms with van der Waals surface area (Å²) >= 11 is 0. The Balaban J connectivity index is 1.66. The fourth-order valence-corrected chi connectivity index (χ4v) is 3.77. The summed E-state index contributed by atoms with van der Waals surface area (Å²) in [5.74, 6) is -1.19. The van der Waals surface area contributed by atoms with Gasteiger partial charge in [0.15, 0.2) is 11.6 Å². The quantitative estimate of drug-likeness (QED) is 0.912. The van der Waals surface area contributed by atoms with Crippen LogP contribution in [0, 0.1) is 17.6 Å². The first-order valence-electron chi connectivity index (χ1n) is 8.28. The van der Waals surface area contributed by atoms with Crippen molar-refractivity contribution < 1.29 is 18.6 Å². The van der Waals surface area contributed by atoms with Crippen LogP contribution < -0.4 is 4.90 Å². The highest BCUT2D eigenvalue weighted by Gasteiger charge is 2.38. The third kappa shape index (κ3) is 2.71. The van der Waals surface area contributed by atoms with E-state index in [4.69, 9.17) is 4.74 Å². The van der Waals surface area contributed by atoms with Gasteiger partial charge in [-0.2, -0.15) is 0 Å². The summed E-state index contributed by atoms with van der Waals surface area (Å²) in [7, 11) is 0. The Morgan fingerprint density at radius 1 is 1.17 bits per heavy atom. The number of halogens is 2. The number of benzene rings is 1. The average Bonchev–Trinajstić information content (AvgIpc) is 3.05. The van der Waals surface area contributed by atoms with Crippen LogP contribution in [0.2, 0.25) is 0 Å².